The maximum atomic E-state index is 13.3. The van der Waals surface area contributed by atoms with Crippen LogP contribution < -0.4 is 10.5 Å². The smallest absolute Gasteiger partial charge is 0.241 e. The number of nitrogens with two attached hydrogens (primary N) is 1. The molecule has 1 atom stereocenters. The van der Waals surface area contributed by atoms with Crippen LogP contribution in [0, 0.1) is 0 Å². The molecule has 3 aromatic rings. The van der Waals surface area contributed by atoms with Crippen molar-refractivity contribution in [2.24, 2.45) is 0 Å². The summed E-state index contributed by atoms with van der Waals surface area (Å²) >= 11 is 12.0. The largest absolute Gasteiger partial charge is 0.396 e. The quantitative estimate of drug-likeness (QED) is 0.417. The van der Waals surface area contributed by atoms with Gasteiger partial charge in [-0.05, 0) is 36.2 Å². The van der Waals surface area contributed by atoms with Gasteiger partial charge in [0.1, 0.15) is 6.04 Å². The molecule has 33 heavy (non-hydrogen) atoms. The highest BCUT2D eigenvalue weighted by Crippen LogP contribution is 2.31. The predicted molar refractivity (Wildman–Crippen MR) is 129 cm³/mol. The van der Waals surface area contributed by atoms with Crippen molar-refractivity contribution in [2.75, 3.05) is 30.3 Å². The number of hydrogen-bond acceptors (Lipinski definition) is 6. The van der Waals surface area contributed by atoms with Gasteiger partial charge >= 0.3 is 0 Å². The second-order valence-electron chi connectivity index (χ2n) is 7.61. The van der Waals surface area contributed by atoms with Crippen molar-refractivity contribution in [3.8, 4) is 0 Å². The van der Waals surface area contributed by atoms with Crippen LogP contribution in [0.15, 0.2) is 41.6 Å². The van der Waals surface area contributed by atoms with E-state index >= 15 is 0 Å². The van der Waals surface area contributed by atoms with E-state index in [-0.39, 0.29) is 27.0 Å². The molecule has 176 valence electrons. The first-order valence-corrected chi connectivity index (χ1v) is 13.7. The number of H-pyrrole nitrogens is 1. The molecule has 0 saturated carbocycles. The first-order valence-electron chi connectivity index (χ1n) is 9.96. The van der Waals surface area contributed by atoms with Gasteiger partial charge in [0.25, 0.3) is 0 Å². The lowest BCUT2D eigenvalue weighted by atomic mass is 10.0. The molecule has 1 aliphatic heterocycles. The summed E-state index contributed by atoms with van der Waals surface area (Å²) in [6.45, 7) is 0.589. The van der Waals surface area contributed by atoms with Crippen LogP contribution >= 0.6 is 23.2 Å². The summed E-state index contributed by atoms with van der Waals surface area (Å²) in [5.74, 6) is 0.316. The Labute approximate surface area is 203 Å². The van der Waals surface area contributed by atoms with Gasteiger partial charge in [0.2, 0.25) is 15.9 Å². The normalized spacial score (nSPS) is 16.2. The van der Waals surface area contributed by atoms with Crippen LogP contribution in [-0.4, -0.2) is 64.0 Å². The van der Waals surface area contributed by atoms with Crippen molar-refractivity contribution < 1.29 is 17.4 Å². The van der Waals surface area contributed by atoms with Gasteiger partial charge in [-0.1, -0.05) is 29.3 Å². The fourth-order valence-corrected chi connectivity index (χ4v) is 6.48. The van der Waals surface area contributed by atoms with Gasteiger partial charge in [-0.25, -0.2) is 13.4 Å². The number of sulfonamides is 1. The van der Waals surface area contributed by atoms with E-state index in [0.717, 1.165) is 16.6 Å². The van der Waals surface area contributed by atoms with Crippen LogP contribution in [0.2, 0.25) is 10.0 Å². The number of rotatable bonds is 6. The molecule has 1 amide bonds. The highest BCUT2D eigenvalue weighted by Gasteiger charge is 2.32. The van der Waals surface area contributed by atoms with Crippen molar-refractivity contribution in [1.82, 2.24) is 19.6 Å². The third-order valence-electron chi connectivity index (χ3n) is 5.37. The number of anilines is 1. The topological polar surface area (TPSA) is 138 Å². The van der Waals surface area contributed by atoms with Gasteiger partial charge in [0, 0.05) is 35.4 Å². The molecular formula is C20H21Cl2N5O4S2. The van der Waals surface area contributed by atoms with E-state index in [4.69, 9.17) is 28.9 Å². The number of carbonyl (C=O) groups excluding carboxylic acids is 1. The molecule has 1 unspecified atom stereocenters. The van der Waals surface area contributed by atoms with E-state index in [1.165, 1.54) is 17.0 Å². The molecule has 13 heteroatoms. The first kappa shape index (κ1) is 24.0. The number of nitrogen functional groups attached to an aromatic ring is 1. The second-order valence-corrected chi connectivity index (χ2v) is 11.8. The fourth-order valence-electron chi connectivity index (χ4n) is 3.57. The lowest BCUT2D eigenvalue weighted by Gasteiger charge is -2.30. The number of fused-ring (bicyclic) bond motifs is 1. The Kier molecular flexibility index (Phi) is 6.96. The average molecular weight is 530 g/mol. The number of nitrogens with one attached hydrogen (secondary N) is 2. The highest BCUT2D eigenvalue weighted by molar-refractivity contribution is 7.89. The maximum Gasteiger partial charge on any atom is 0.241 e. The van der Waals surface area contributed by atoms with Crippen LogP contribution in [0.25, 0.3) is 11.0 Å². The predicted octanol–water partition coefficient (Wildman–Crippen LogP) is 1.93. The fraction of sp³-hybridized carbons (Fsp3) is 0.300. The van der Waals surface area contributed by atoms with E-state index in [2.05, 4.69) is 14.7 Å². The Morgan fingerprint density at radius 2 is 1.88 bits per heavy atom. The van der Waals surface area contributed by atoms with E-state index in [9.17, 15) is 17.4 Å². The average Bonchev–Trinajstić information content (AvgIpc) is 3.24. The number of halogens is 2. The van der Waals surface area contributed by atoms with Crippen LogP contribution in [0.4, 0.5) is 5.69 Å². The molecule has 2 aromatic carbocycles. The number of hydrogen-bond donors (Lipinski definition) is 3. The molecule has 0 spiro atoms. The van der Waals surface area contributed by atoms with Gasteiger partial charge in [-0.3, -0.25) is 9.00 Å². The highest BCUT2D eigenvalue weighted by atomic mass is 35.5. The van der Waals surface area contributed by atoms with Crippen molar-refractivity contribution >= 4 is 66.7 Å². The molecule has 2 heterocycles. The molecule has 1 aromatic heterocycles. The number of nitrogens with zero attached hydrogens (tertiary/aromatic N) is 2. The minimum absolute atomic E-state index is 0.00559. The molecule has 1 saturated heterocycles. The Morgan fingerprint density at radius 3 is 2.55 bits per heavy atom. The zero-order valence-corrected chi connectivity index (χ0v) is 20.4. The number of benzene rings is 2. The standard InChI is InChI=1S/C20H21Cl2N5O4S2/c21-14-9-13(10-15(22)19(14)23)33(30,31)26-18(20(28)27-3-5-32(29)6-4-27)8-12-1-2-16-17(7-12)25-11-24-16/h1-2,7,9-11,18,26H,3-6,8,23H2,(H,24,25). The number of aromatic amines is 1. The van der Waals surface area contributed by atoms with Crippen molar-refractivity contribution in [3.05, 3.63) is 52.3 Å². The number of amides is 1. The van der Waals surface area contributed by atoms with Gasteiger partial charge in [0.05, 0.1) is 38.0 Å². The van der Waals surface area contributed by atoms with Gasteiger partial charge in [0.15, 0.2) is 0 Å². The zero-order chi connectivity index (χ0) is 23.8. The van der Waals surface area contributed by atoms with E-state index in [0.29, 0.717) is 24.6 Å². The third kappa shape index (κ3) is 5.33. The van der Waals surface area contributed by atoms with Crippen molar-refractivity contribution in [3.63, 3.8) is 0 Å². The Hall–Kier alpha value is -2.18. The van der Waals surface area contributed by atoms with Gasteiger partial charge in [-0.2, -0.15) is 4.72 Å². The molecule has 4 rings (SSSR count). The molecular weight excluding hydrogens is 509 g/mol. The number of aromatic nitrogens is 2. The molecule has 0 bridgehead atoms. The minimum Gasteiger partial charge on any atom is -0.396 e. The molecule has 1 fully saturated rings. The monoisotopic (exact) mass is 529 g/mol. The summed E-state index contributed by atoms with van der Waals surface area (Å²) in [6, 6.07) is 6.68. The Morgan fingerprint density at radius 1 is 1.21 bits per heavy atom. The van der Waals surface area contributed by atoms with E-state index in [1.807, 2.05) is 6.07 Å². The lowest BCUT2D eigenvalue weighted by Crippen LogP contribution is -2.52. The Balaban J connectivity index is 1.65. The van der Waals surface area contributed by atoms with Crippen LogP contribution in [0.3, 0.4) is 0 Å². The van der Waals surface area contributed by atoms with Crippen molar-refractivity contribution in [2.45, 2.75) is 17.4 Å². The Bertz CT molecular complexity index is 1310. The molecule has 1 aliphatic rings. The molecule has 4 N–H and O–H groups in total. The zero-order valence-electron chi connectivity index (χ0n) is 17.3. The second kappa shape index (κ2) is 9.59. The summed E-state index contributed by atoms with van der Waals surface area (Å²) in [4.78, 5) is 21.8. The number of imidazole rings is 1. The maximum absolute atomic E-state index is 13.3. The summed E-state index contributed by atoms with van der Waals surface area (Å²) in [6.07, 6.45) is 1.66. The first-order chi connectivity index (χ1) is 15.6. The lowest BCUT2D eigenvalue weighted by molar-refractivity contribution is -0.132. The van der Waals surface area contributed by atoms with E-state index < -0.39 is 32.8 Å². The van der Waals surface area contributed by atoms with Crippen LogP contribution in [0.1, 0.15) is 5.56 Å². The SMILES string of the molecule is Nc1c(Cl)cc(S(=O)(=O)NC(Cc2ccc3nc[nH]c3c2)C(=O)N2CCS(=O)CC2)cc1Cl. The van der Waals surface area contributed by atoms with Crippen molar-refractivity contribution in [1.29, 1.82) is 0 Å². The van der Waals surface area contributed by atoms with Gasteiger partial charge in [-0.15, -0.1) is 0 Å². The van der Waals surface area contributed by atoms with Crippen LogP contribution in [-0.2, 0) is 32.0 Å². The summed E-state index contributed by atoms with van der Waals surface area (Å²) in [5.41, 5.74) is 8.05. The molecule has 9 nitrogen and oxygen atoms in total. The van der Waals surface area contributed by atoms with E-state index in [1.54, 1.807) is 18.5 Å². The third-order valence-corrected chi connectivity index (χ3v) is 8.72. The summed E-state index contributed by atoms with van der Waals surface area (Å²) in [5, 5.41) is -0.0112. The minimum atomic E-state index is -4.17. The molecule has 0 aliphatic carbocycles. The number of carbonyl (C=O) groups is 1. The summed E-state index contributed by atoms with van der Waals surface area (Å²) in [7, 11) is -5.15. The van der Waals surface area contributed by atoms with Gasteiger partial charge < -0.3 is 15.6 Å². The van der Waals surface area contributed by atoms with Crippen LogP contribution in [0.5, 0.6) is 0 Å². The summed E-state index contributed by atoms with van der Waals surface area (Å²) < 4.78 is 40.5. The molecule has 0 radical (unpaired) electrons.